The van der Waals surface area contributed by atoms with Crippen LogP contribution in [0, 0.1) is 0 Å². The van der Waals surface area contributed by atoms with Gasteiger partial charge in [0.2, 0.25) is 0 Å². The third-order valence-corrected chi connectivity index (χ3v) is 2.62. The maximum absolute atomic E-state index is 10.9. The van der Waals surface area contributed by atoms with Gasteiger partial charge in [0.15, 0.2) is 0 Å². The van der Waals surface area contributed by atoms with Gasteiger partial charge in [0.25, 0.3) is 0 Å². The van der Waals surface area contributed by atoms with Crippen LogP contribution in [0.5, 0.6) is 0 Å². The lowest BCUT2D eigenvalue weighted by atomic mass is 9.88. The molecule has 0 spiro atoms. The highest BCUT2D eigenvalue weighted by Gasteiger charge is 2.28. The zero-order chi connectivity index (χ0) is 12.5. The first-order valence-corrected chi connectivity index (χ1v) is 5.09. The molecular weight excluding hydrogens is 220 g/mol. The molecule has 0 saturated heterocycles. The molecule has 2 heterocycles. The number of hydrogen-bond acceptors (Lipinski definition) is 4. The smallest absolute Gasteiger partial charge is 0.354 e. The molecule has 2 aromatic heterocycles. The van der Waals surface area contributed by atoms with E-state index in [1.54, 1.807) is 12.1 Å². The number of rotatable bonds is 3. The van der Waals surface area contributed by atoms with Crippen molar-refractivity contribution in [1.29, 1.82) is 0 Å². The molecule has 0 aliphatic rings. The Bertz CT molecular complexity index is 534. The predicted molar refractivity (Wildman–Crippen MR) is 59.7 cm³/mol. The van der Waals surface area contributed by atoms with Crippen LogP contribution in [-0.2, 0) is 5.41 Å². The van der Waals surface area contributed by atoms with E-state index in [4.69, 9.17) is 5.11 Å². The number of nitrogens with zero attached hydrogens (tertiary/aromatic N) is 3. The molecule has 6 nitrogen and oxygen atoms in total. The Hall–Kier alpha value is -2.24. The Morgan fingerprint density at radius 1 is 1.41 bits per heavy atom. The van der Waals surface area contributed by atoms with Gasteiger partial charge < -0.3 is 10.1 Å². The Morgan fingerprint density at radius 2 is 2.18 bits per heavy atom. The number of pyridine rings is 1. The number of aromatic nitrogens is 4. The molecule has 0 unspecified atom stereocenters. The van der Waals surface area contributed by atoms with Crippen molar-refractivity contribution in [2.75, 3.05) is 0 Å². The van der Waals surface area contributed by atoms with Crippen molar-refractivity contribution in [1.82, 2.24) is 20.2 Å². The van der Waals surface area contributed by atoms with Crippen molar-refractivity contribution in [2.24, 2.45) is 0 Å². The molecule has 0 aliphatic heterocycles. The molecule has 0 radical (unpaired) electrons. The van der Waals surface area contributed by atoms with Gasteiger partial charge in [0.1, 0.15) is 17.8 Å². The second kappa shape index (κ2) is 3.97. The summed E-state index contributed by atoms with van der Waals surface area (Å²) in [5, 5.41) is 16.6. The summed E-state index contributed by atoms with van der Waals surface area (Å²) in [7, 11) is 0. The molecule has 0 amide bonds. The first kappa shape index (κ1) is 11.3. The van der Waals surface area contributed by atoms with Crippen LogP contribution in [0.4, 0.5) is 0 Å². The van der Waals surface area contributed by atoms with Gasteiger partial charge in [0.05, 0.1) is 11.1 Å². The van der Waals surface area contributed by atoms with Gasteiger partial charge in [0, 0.05) is 0 Å². The van der Waals surface area contributed by atoms with E-state index in [-0.39, 0.29) is 5.69 Å². The Labute approximate surface area is 97.7 Å². The van der Waals surface area contributed by atoms with E-state index in [2.05, 4.69) is 20.2 Å². The summed E-state index contributed by atoms with van der Waals surface area (Å²) in [5.41, 5.74) is 0.145. The van der Waals surface area contributed by atoms with Gasteiger partial charge in [-0.05, 0) is 26.0 Å². The zero-order valence-electron chi connectivity index (χ0n) is 9.51. The fourth-order valence-electron chi connectivity index (χ4n) is 1.53. The maximum atomic E-state index is 10.9. The van der Waals surface area contributed by atoms with Gasteiger partial charge in [-0.2, -0.15) is 0 Å². The summed E-state index contributed by atoms with van der Waals surface area (Å²) in [5.74, 6) is -0.396. The lowest BCUT2D eigenvalue weighted by Crippen LogP contribution is -2.23. The first-order chi connectivity index (χ1) is 8.01. The van der Waals surface area contributed by atoms with Crippen LogP contribution in [0.1, 0.15) is 35.9 Å². The van der Waals surface area contributed by atoms with Crippen LogP contribution in [0.3, 0.4) is 0 Å². The molecule has 0 bridgehead atoms. The lowest BCUT2D eigenvalue weighted by molar-refractivity contribution is 0.0690. The molecule has 2 N–H and O–H groups in total. The second-order valence-corrected chi connectivity index (χ2v) is 4.18. The molecule has 2 aromatic rings. The van der Waals surface area contributed by atoms with Crippen LogP contribution in [0.2, 0.25) is 0 Å². The molecule has 0 aliphatic carbocycles. The quantitative estimate of drug-likeness (QED) is 0.830. The van der Waals surface area contributed by atoms with E-state index in [9.17, 15) is 4.79 Å². The van der Waals surface area contributed by atoms with Crippen molar-refractivity contribution in [3.63, 3.8) is 0 Å². The lowest BCUT2D eigenvalue weighted by Gasteiger charge is -2.20. The first-order valence-electron chi connectivity index (χ1n) is 5.09. The SMILES string of the molecule is CC(C)(c1cccc(C(=O)O)n1)c1nnc[nH]1. The van der Waals surface area contributed by atoms with Crippen molar-refractivity contribution in [3.05, 3.63) is 41.7 Å². The zero-order valence-corrected chi connectivity index (χ0v) is 9.51. The van der Waals surface area contributed by atoms with Crippen LogP contribution in [0.25, 0.3) is 0 Å². The van der Waals surface area contributed by atoms with Gasteiger partial charge in [-0.15, -0.1) is 10.2 Å². The second-order valence-electron chi connectivity index (χ2n) is 4.18. The summed E-state index contributed by atoms with van der Waals surface area (Å²) in [4.78, 5) is 17.9. The van der Waals surface area contributed by atoms with Gasteiger partial charge in [-0.3, -0.25) is 0 Å². The molecule has 0 aromatic carbocycles. The summed E-state index contributed by atoms with van der Waals surface area (Å²) in [6.07, 6.45) is 1.48. The monoisotopic (exact) mass is 232 g/mol. The molecule has 2 rings (SSSR count). The minimum absolute atomic E-state index is 0.0232. The van der Waals surface area contributed by atoms with Crippen LogP contribution in [0.15, 0.2) is 24.5 Å². The van der Waals surface area contributed by atoms with Gasteiger partial charge in [-0.1, -0.05) is 6.07 Å². The summed E-state index contributed by atoms with van der Waals surface area (Å²) in [6, 6.07) is 4.90. The standard InChI is InChI=1S/C11H12N4O2/c1-11(2,10-12-6-13-15-10)8-5-3-4-7(14-8)9(16)17/h3-6H,1-2H3,(H,16,17)(H,12,13,15). The molecule has 88 valence electrons. The predicted octanol–water partition coefficient (Wildman–Crippen LogP) is 1.22. The van der Waals surface area contributed by atoms with Crippen molar-refractivity contribution < 1.29 is 9.90 Å². The number of aromatic amines is 1. The van der Waals surface area contributed by atoms with Gasteiger partial charge >= 0.3 is 5.97 Å². The van der Waals surface area contributed by atoms with E-state index in [1.807, 2.05) is 13.8 Å². The Morgan fingerprint density at radius 3 is 2.76 bits per heavy atom. The van der Waals surface area contributed by atoms with E-state index in [1.165, 1.54) is 12.4 Å². The van der Waals surface area contributed by atoms with E-state index in [0.717, 1.165) is 0 Å². The Balaban J connectivity index is 2.46. The third kappa shape index (κ3) is 2.01. The Kier molecular flexibility index (Phi) is 2.63. The van der Waals surface area contributed by atoms with Crippen molar-refractivity contribution >= 4 is 5.97 Å². The summed E-state index contributed by atoms with van der Waals surface area (Å²) in [6.45, 7) is 3.81. The molecule has 0 saturated carbocycles. The van der Waals surface area contributed by atoms with Gasteiger partial charge in [-0.25, -0.2) is 9.78 Å². The summed E-state index contributed by atoms with van der Waals surface area (Å²) >= 11 is 0. The number of hydrogen-bond donors (Lipinski definition) is 2. The maximum Gasteiger partial charge on any atom is 0.354 e. The van der Waals surface area contributed by atoms with E-state index in [0.29, 0.717) is 11.5 Å². The van der Waals surface area contributed by atoms with Crippen LogP contribution in [-0.4, -0.2) is 31.2 Å². The van der Waals surface area contributed by atoms with E-state index < -0.39 is 11.4 Å². The average Bonchev–Trinajstić information content (AvgIpc) is 2.83. The van der Waals surface area contributed by atoms with E-state index >= 15 is 0 Å². The number of nitrogens with one attached hydrogen (secondary N) is 1. The normalized spacial score (nSPS) is 11.4. The average molecular weight is 232 g/mol. The van der Waals surface area contributed by atoms with Crippen molar-refractivity contribution in [2.45, 2.75) is 19.3 Å². The molecule has 17 heavy (non-hydrogen) atoms. The fraction of sp³-hybridized carbons (Fsp3) is 0.273. The number of carboxylic acids is 1. The molecule has 6 heteroatoms. The van der Waals surface area contributed by atoms with Crippen molar-refractivity contribution in [3.8, 4) is 0 Å². The summed E-state index contributed by atoms with van der Waals surface area (Å²) < 4.78 is 0. The third-order valence-electron chi connectivity index (χ3n) is 2.62. The largest absolute Gasteiger partial charge is 0.477 e. The number of carboxylic acid groups (broad SMARTS) is 1. The molecule has 0 fully saturated rings. The fourth-order valence-corrected chi connectivity index (χ4v) is 1.53. The number of aromatic carboxylic acids is 1. The number of H-pyrrole nitrogens is 1. The minimum Gasteiger partial charge on any atom is -0.477 e. The molecular formula is C11H12N4O2. The highest BCUT2D eigenvalue weighted by molar-refractivity contribution is 5.85. The minimum atomic E-state index is -1.04. The van der Waals surface area contributed by atoms with Crippen LogP contribution >= 0.6 is 0 Å². The topological polar surface area (TPSA) is 91.8 Å². The highest BCUT2D eigenvalue weighted by Crippen LogP contribution is 2.26. The molecule has 0 atom stereocenters. The number of carbonyl (C=O) groups is 1. The highest BCUT2D eigenvalue weighted by atomic mass is 16.4. The van der Waals surface area contributed by atoms with Crippen LogP contribution < -0.4 is 0 Å².